The van der Waals surface area contributed by atoms with Gasteiger partial charge in [-0.3, -0.25) is 0 Å². The smallest absolute Gasteiger partial charge is 0.0946 e. The van der Waals surface area contributed by atoms with Crippen LogP contribution in [-0.2, 0) is 13.0 Å². The predicted octanol–water partition coefficient (Wildman–Crippen LogP) is 4.99. The third-order valence-corrected chi connectivity index (χ3v) is 5.16. The third kappa shape index (κ3) is 5.00. The Labute approximate surface area is 142 Å². The first kappa shape index (κ1) is 15.9. The average Bonchev–Trinajstić information content (AvgIpc) is 3.09. The van der Waals surface area contributed by atoms with E-state index in [-0.39, 0.29) is 0 Å². The summed E-state index contributed by atoms with van der Waals surface area (Å²) in [5, 5.41) is 0.534. The molecule has 0 fully saturated rings. The largest absolute Gasteiger partial charge is 0.336 e. The van der Waals surface area contributed by atoms with Crippen molar-refractivity contribution in [2.45, 2.75) is 36.5 Å². The van der Waals surface area contributed by atoms with Crippen LogP contribution in [0.5, 0.6) is 0 Å². The van der Waals surface area contributed by atoms with Crippen LogP contribution in [0, 0.1) is 6.92 Å². The minimum atomic E-state index is 0.534. The van der Waals surface area contributed by atoms with Gasteiger partial charge in [-0.15, -0.1) is 11.8 Å². The molecule has 0 N–H and O–H groups in total. The first-order valence-corrected chi connectivity index (χ1v) is 8.90. The van der Waals surface area contributed by atoms with E-state index in [0.29, 0.717) is 5.25 Å². The molecule has 1 heterocycles. The fourth-order valence-corrected chi connectivity index (χ4v) is 3.76. The molecule has 0 aliphatic carbocycles. The molecule has 0 spiro atoms. The van der Waals surface area contributed by atoms with Crippen LogP contribution in [-0.4, -0.2) is 14.8 Å². The van der Waals surface area contributed by atoms with Crippen LogP contribution in [0.2, 0.25) is 0 Å². The Kier molecular flexibility index (Phi) is 5.54. The van der Waals surface area contributed by atoms with E-state index >= 15 is 0 Å². The number of aryl methyl sites for hydroxylation is 2. The molecule has 0 aliphatic rings. The molecule has 1 aromatic heterocycles. The standard InChI is InChI=1S/C20H22N2S/c1-17-7-10-19(11-8-17)23-20(15-22-14-13-21-16-22)12-9-18-5-3-2-4-6-18/h2-8,10-11,13-14,16,20H,9,12,15H2,1H3. The summed E-state index contributed by atoms with van der Waals surface area (Å²) in [6.07, 6.45) is 8.07. The number of thioether (sulfide) groups is 1. The van der Waals surface area contributed by atoms with Gasteiger partial charge in [-0.25, -0.2) is 4.98 Å². The van der Waals surface area contributed by atoms with Crippen LogP contribution < -0.4 is 0 Å². The highest BCUT2D eigenvalue weighted by Gasteiger charge is 2.12. The van der Waals surface area contributed by atoms with E-state index < -0.39 is 0 Å². The minimum absolute atomic E-state index is 0.534. The lowest BCUT2D eigenvalue weighted by Crippen LogP contribution is -2.13. The van der Waals surface area contributed by atoms with Gasteiger partial charge in [-0.2, -0.15) is 0 Å². The highest BCUT2D eigenvalue weighted by Crippen LogP contribution is 2.28. The summed E-state index contributed by atoms with van der Waals surface area (Å²) < 4.78 is 2.18. The van der Waals surface area contributed by atoms with E-state index in [2.05, 4.69) is 71.1 Å². The molecule has 0 amide bonds. The average molecular weight is 322 g/mol. The fraction of sp³-hybridized carbons (Fsp3) is 0.250. The van der Waals surface area contributed by atoms with E-state index in [1.165, 1.54) is 16.0 Å². The Morgan fingerprint density at radius 3 is 2.52 bits per heavy atom. The molecular weight excluding hydrogens is 300 g/mol. The van der Waals surface area contributed by atoms with Crippen molar-refractivity contribution in [3.05, 3.63) is 84.4 Å². The number of imidazole rings is 1. The number of hydrogen-bond acceptors (Lipinski definition) is 2. The molecule has 2 aromatic carbocycles. The van der Waals surface area contributed by atoms with Gasteiger partial charge in [0.25, 0.3) is 0 Å². The molecular formula is C20H22N2S. The van der Waals surface area contributed by atoms with E-state index in [1.807, 2.05) is 30.5 Å². The molecule has 3 rings (SSSR count). The lowest BCUT2D eigenvalue weighted by atomic mass is 10.1. The number of hydrogen-bond donors (Lipinski definition) is 0. The molecule has 3 aromatic rings. The molecule has 0 radical (unpaired) electrons. The molecule has 1 atom stereocenters. The van der Waals surface area contributed by atoms with Crippen molar-refractivity contribution in [1.29, 1.82) is 0 Å². The van der Waals surface area contributed by atoms with Gasteiger partial charge in [0.1, 0.15) is 0 Å². The van der Waals surface area contributed by atoms with E-state index in [0.717, 1.165) is 19.4 Å². The maximum Gasteiger partial charge on any atom is 0.0946 e. The maximum absolute atomic E-state index is 4.17. The van der Waals surface area contributed by atoms with Crippen molar-refractivity contribution in [3.8, 4) is 0 Å². The Balaban J connectivity index is 1.66. The Bertz CT molecular complexity index is 690. The van der Waals surface area contributed by atoms with Gasteiger partial charge in [-0.1, -0.05) is 48.0 Å². The topological polar surface area (TPSA) is 17.8 Å². The van der Waals surface area contributed by atoms with E-state index in [1.54, 1.807) is 0 Å². The molecule has 118 valence electrons. The highest BCUT2D eigenvalue weighted by molar-refractivity contribution is 8.00. The molecule has 0 saturated heterocycles. The summed E-state index contributed by atoms with van der Waals surface area (Å²) in [7, 11) is 0. The fourth-order valence-electron chi connectivity index (χ4n) is 2.60. The Morgan fingerprint density at radius 2 is 1.83 bits per heavy atom. The predicted molar refractivity (Wildman–Crippen MR) is 97.8 cm³/mol. The van der Waals surface area contributed by atoms with Crippen molar-refractivity contribution in [1.82, 2.24) is 9.55 Å². The van der Waals surface area contributed by atoms with E-state index in [4.69, 9.17) is 0 Å². The Hall–Kier alpha value is -2.00. The van der Waals surface area contributed by atoms with Crippen LogP contribution in [0.15, 0.2) is 78.2 Å². The summed E-state index contributed by atoms with van der Waals surface area (Å²) in [4.78, 5) is 5.51. The van der Waals surface area contributed by atoms with Crippen molar-refractivity contribution in [2.75, 3.05) is 0 Å². The Morgan fingerprint density at radius 1 is 1.04 bits per heavy atom. The van der Waals surface area contributed by atoms with Crippen LogP contribution in [0.4, 0.5) is 0 Å². The second kappa shape index (κ2) is 8.02. The van der Waals surface area contributed by atoms with Crippen LogP contribution in [0.1, 0.15) is 17.5 Å². The third-order valence-electron chi connectivity index (χ3n) is 3.90. The lowest BCUT2D eigenvalue weighted by molar-refractivity contribution is 0.624. The summed E-state index contributed by atoms with van der Waals surface area (Å²) in [5.41, 5.74) is 2.72. The molecule has 0 aliphatic heterocycles. The first-order valence-electron chi connectivity index (χ1n) is 8.02. The van der Waals surface area contributed by atoms with Crippen LogP contribution in [0.25, 0.3) is 0 Å². The molecule has 0 bridgehead atoms. The van der Waals surface area contributed by atoms with E-state index in [9.17, 15) is 0 Å². The molecule has 2 nitrogen and oxygen atoms in total. The van der Waals surface area contributed by atoms with Gasteiger partial charge in [-0.05, 0) is 37.5 Å². The van der Waals surface area contributed by atoms with Crippen LogP contribution >= 0.6 is 11.8 Å². The molecule has 1 unspecified atom stereocenters. The van der Waals surface area contributed by atoms with Gasteiger partial charge in [0.15, 0.2) is 0 Å². The summed E-state index contributed by atoms with van der Waals surface area (Å²) in [6.45, 7) is 3.12. The zero-order valence-electron chi connectivity index (χ0n) is 13.4. The summed E-state index contributed by atoms with van der Waals surface area (Å²) in [5.74, 6) is 0. The number of rotatable bonds is 7. The first-order chi connectivity index (χ1) is 11.3. The molecule has 3 heteroatoms. The minimum Gasteiger partial charge on any atom is -0.336 e. The van der Waals surface area contributed by atoms with Gasteiger partial charge in [0.2, 0.25) is 0 Å². The van der Waals surface area contributed by atoms with Crippen LogP contribution in [0.3, 0.4) is 0 Å². The maximum atomic E-state index is 4.17. The second-order valence-corrected chi connectivity index (χ2v) is 7.21. The second-order valence-electron chi connectivity index (χ2n) is 5.84. The normalized spacial score (nSPS) is 12.2. The van der Waals surface area contributed by atoms with Crippen molar-refractivity contribution >= 4 is 11.8 Å². The zero-order valence-corrected chi connectivity index (χ0v) is 14.2. The molecule has 23 heavy (non-hydrogen) atoms. The highest BCUT2D eigenvalue weighted by atomic mass is 32.2. The zero-order chi connectivity index (χ0) is 15.9. The summed E-state index contributed by atoms with van der Waals surface area (Å²) in [6, 6.07) is 19.6. The number of benzene rings is 2. The van der Waals surface area contributed by atoms with Crippen molar-refractivity contribution < 1.29 is 0 Å². The van der Waals surface area contributed by atoms with Gasteiger partial charge in [0.05, 0.1) is 6.33 Å². The quantitative estimate of drug-likeness (QED) is 0.571. The van der Waals surface area contributed by atoms with Gasteiger partial charge in [0, 0.05) is 29.1 Å². The lowest BCUT2D eigenvalue weighted by Gasteiger charge is -2.17. The number of nitrogens with zero attached hydrogens (tertiary/aromatic N) is 2. The van der Waals surface area contributed by atoms with Crippen molar-refractivity contribution in [3.63, 3.8) is 0 Å². The van der Waals surface area contributed by atoms with Crippen molar-refractivity contribution in [2.24, 2.45) is 0 Å². The SMILES string of the molecule is Cc1ccc(SC(CCc2ccccc2)Cn2ccnc2)cc1. The monoisotopic (exact) mass is 322 g/mol. The van der Waals surface area contributed by atoms with Gasteiger partial charge >= 0.3 is 0 Å². The summed E-state index contributed by atoms with van der Waals surface area (Å²) >= 11 is 1.97. The number of aromatic nitrogens is 2. The van der Waals surface area contributed by atoms with Gasteiger partial charge < -0.3 is 4.57 Å². The molecule has 0 saturated carbocycles.